The third-order valence-corrected chi connectivity index (χ3v) is 6.17. The van der Waals surface area contributed by atoms with E-state index in [1.54, 1.807) is 34.9 Å². The van der Waals surface area contributed by atoms with Gasteiger partial charge in [-0.15, -0.1) is 5.10 Å². The van der Waals surface area contributed by atoms with Crippen molar-refractivity contribution in [3.05, 3.63) is 36.5 Å². The van der Waals surface area contributed by atoms with E-state index in [0.717, 1.165) is 10.6 Å². The lowest BCUT2D eigenvalue weighted by atomic mass is 10.1. The molecule has 0 bridgehead atoms. The number of hydrogen-bond acceptors (Lipinski definition) is 8. The first kappa shape index (κ1) is 26.0. The second kappa shape index (κ2) is 9.92. The number of halogens is 1. The van der Waals surface area contributed by atoms with Crippen LogP contribution in [0.15, 0.2) is 35.6 Å². The fraction of sp³-hybridized carbons (Fsp3) is 0.381. The van der Waals surface area contributed by atoms with Gasteiger partial charge < -0.3 is 9.64 Å². The smallest absolute Gasteiger partial charge is 0.414 e. The predicted octanol–water partition coefficient (Wildman–Crippen LogP) is 2.03. The summed E-state index contributed by atoms with van der Waals surface area (Å²) < 4.78 is 48.6. The zero-order chi connectivity index (χ0) is 26.0. The van der Waals surface area contributed by atoms with Crippen LogP contribution in [0, 0.1) is 5.82 Å². The molecule has 0 radical (unpaired) electrons. The largest absolute Gasteiger partial charge is 0.449 e. The Kier molecular flexibility index (Phi) is 7.36. The first-order valence-electron chi connectivity index (χ1n) is 10.4. The minimum atomic E-state index is -3.85. The summed E-state index contributed by atoms with van der Waals surface area (Å²) in [5.41, 5.74) is -0.250. The van der Waals surface area contributed by atoms with Crippen molar-refractivity contribution in [3.8, 4) is 11.1 Å². The molecule has 12 nitrogen and oxygen atoms in total. The minimum absolute atomic E-state index is 0.00505. The number of aromatic nitrogens is 4. The van der Waals surface area contributed by atoms with Crippen molar-refractivity contribution in [3.63, 3.8) is 0 Å². The van der Waals surface area contributed by atoms with Gasteiger partial charge in [-0.2, -0.15) is 4.98 Å². The van der Waals surface area contributed by atoms with Crippen LogP contribution in [-0.2, 0) is 19.6 Å². The predicted molar refractivity (Wildman–Crippen MR) is 125 cm³/mol. The molecule has 0 saturated carbocycles. The van der Waals surface area contributed by atoms with Gasteiger partial charge in [-0.25, -0.2) is 26.8 Å². The molecular weight excluding hydrogens is 481 g/mol. The standard InChI is InChI=1S/C21H26FN7O5S/c1-21(2,3)27-35(32,33)15-8-13(10-23-11-15)14-9-16(22)18-24-19(26-29(18)12-14)25-20(31)34-7-6-17(30)28(4)5/h8-12,27H,6-7H2,1-5H3,(H,25,26,31). The average molecular weight is 508 g/mol. The molecule has 0 saturated heterocycles. The van der Waals surface area contributed by atoms with E-state index in [9.17, 15) is 22.4 Å². The van der Waals surface area contributed by atoms with Crippen LogP contribution in [0.3, 0.4) is 0 Å². The van der Waals surface area contributed by atoms with Crippen molar-refractivity contribution in [2.45, 2.75) is 37.6 Å². The number of pyridine rings is 2. The van der Waals surface area contributed by atoms with E-state index in [1.165, 1.54) is 29.6 Å². The lowest BCUT2D eigenvalue weighted by Gasteiger charge is -2.20. The molecule has 188 valence electrons. The van der Waals surface area contributed by atoms with Gasteiger partial charge in [-0.3, -0.25) is 15.1 Å². The van der Waals surface area contributed by atoms with Crippen LogP contribution < -0.4 is 10.0 Å². The first-order chi connectivity index (χ1) is 16.2. The Morgan fingerprint density at radius 1 is 1.17 bits per heavy atom. The molecule has 0 unspecified atom stereocenters. The summed E-state index contributed by atoms with van der Waals surface area (Å²) in [6, 6.07) is 2.52. The number of rotatable bonds is 7. The Hall–Kier alpha value is -3.65. The fourth-order valence-corrected chi connectivity index (χ4v) is 4.33. The fourth-order valence-electron chi connectivity index (χ4n) is 2.92. The second-order valence-corrected chi connectivity index (χ2v) is 10.5. The third-order valence-electron chi connectivity index (χ3n) is 4.45. The van der Waals surface area contributed by atoms with Crippen LogP contribution >= 0.6 is 0 Å². The van der Waals surface area contributed by atoms with Gasteiger partial charge in [-0.05, 0) is 32.9 Å². The van der Waals surface area contributed by atoms with Gasteiger partial charge in [0, 0.05) is 49.4 Å². The second-order valence-electron chi connectivity index (χ2n) is 8.84. The first-order valence-corrected chi connectivity index (χ1v) is 11.9. The maximum atomic E-state index is 14.7. The summed E-state index contributed by atoms with van der Waals surface area (Å²) in [6.45, 7) is 4.98. The Balaban J connectivity index is 1.80. The van der Waals surface area contributed by atoms with Crippen LogP contribution in [-0.4, -0.2) is 71.1 Å². The van der Waals surface area contributed by atoms with Crippen molar-refractivity contribution < 1.29 is 27.1 Å². The van der Waals surface area contributed by atoms with E-state index in [-0.39, 0.29) is 41.0 Å². The Labute approximate surface area is 201 Å². The van der Waals surface area contributed by atoms with Crippen molar-refractivity contribution in [2.75, 3.05) is 26.0 Å². The number of carbonyl (C=O) groups is 2. The van der Waals surface area contributed by atoms with Gasteiger partial charge in [0.05, 0.1) is 6.42 Å². The number of carbonyl (C=O) groups excluding carboxylic acids is 2. The molecule has 3 aromatic rings. The molecule has 0 spiro atoms. The monoisotopic (exact) mass is 507 g/mol. The van der Waals surface area contributed by atoms with Gasteiger partial charge in [-0.1, -0.05) is 0 Å². The zero-order valence-corrected chi connectivity index (χ0v) is 20.7. The maximum absolute atomic E-state index is 14.7. The molecule has 3 heterocycles. The molecule has 3 rings (SSSR count). The highest BCUT2D eigenvalue weighted by Gasteiger charge is 2.23. The molecule has 14 heteroatoms. The third kappa shape index (κ3) is 6.70. The number of sulfonamides is 1. The topological polar surface area (TPSA) is 148 Å². The van der Waals surface area contributed by atoms with E-state index in [0.29, 0.717) is 5.56 Å². The quantitative estimate of drug-likeness (QED) is 0.494. The van der Waals surface area contributed by atoms with Crippen LogP contribution in [0.5, 0.6) is 0 Å². The van der Waals surface area contributed by atoms with Crippen molar-refractivity contribution >= 4 is 33.6 Å². The molecule has 2 N–H and O–H groups in total. The van der Waals surface area contributed by atoms with E-state index in [2.05, 4.69) is 25.1 Å². The molecule has 3 aromatic heterocycles. The van der Waals surface area contributed by atoms with Crippen molar-refractivity contribution in [1.82, 2.24) is 29.2 Å². The molecule has 0 aromatic carbocycles. The van der Waals surface area contributed by atoms with E-state index >= 15 is 0 Å². The summed E-state index contributed by atoms with van der Waals surface area (Å²) in [6.07, 6.45) is 3.11. The average Bonchev–Trinajstić information content (AvgIpc) is 3.15. The minimum Gasteiger partial charge on any atom is -0.449 e. The Morgan fingerprint density at radius 3 is 2.54 bits per heavy atom. The highest BCUT2D eigenvalue weighted by Crippen LogP contribution is 2.24. The molecule has 0 aliphatic carbocycles. The summed E-state index contributed by atoms with van der Waals surface area (Å²) in [5.74, 6) is -1.18. The number of anilines is 1. The number of amides is 2. The SMILES string of the molecule is CN(C)C(=O)CCOC(=O)Nc1nc2c(F)cc(-c3cncc(S(=O)(=O)NC(C)(C)C)c3)cn2n1. The number of fused-ring (bicyclic) bond motifs is 1. The van der Waals surface area contributed by atoms with Crippen molar-refractivity contribution in [1.29, 1.82) is 0 Å². The Morgan fingerprint density at radius 2 is 1.89 bits per heavy atom. The molecule has 0 atom stereocenters. The lowest BCUT2D eigenvalue weighted by molar-refractivity contribution is -0.129. The van der Waals surface area contributed by atoms with Gasteiger partial charge in [0.15, 0.2) is 11.5 Å². The normalized spacial score (nSPS) is 11.9. The number of nitrogens with zero attached hydrogens (tertiary/aromatic N) is 5. The molecule has 35 heavy (non-hydrogen) atoms. The summed E-state index contributed by atoms with van der Waals surface area (Å²) in [5, 5.41) is 6.29. The number of hydrogen-bond donors (Lipinski definition) is 2. The van der Waals surface area contributed by atoms with E-state index < -0.39 is 27.5 Å². The van der Waals surface area contributed by atoms with Crippen LogP contribution in [0.2, 0.25) is 0 Å². The molecular formula is C21H26FN7O5S. The van der Waals surface area contributed by atoms with Crippen LogP contribution in [0.25, 0.3) is 16.8 Å². The Bertz CT molecular complexity index is 1370. The number of nitrogens with one attached hydrogen (secondary N) is 2. The zero-order valence-electron chi connectivity index (χ0n) is 19.9. The van der Waals surface area contributed by atoms with Crippen molar-refractivity contribution in [2.24, 2.45) is 0 Å². The summed E-state index contributed by atoms with van der Waals surface area (Å²) in [4.78, 5) is 32.6. The molecule has 0 aliphatic rings. The van der Waals surface area contributed by atoms with Crippen LogP contribution in [0.1, 0.15) is 27.2 Å². The van der Waals surface area contributed by atoms with Gasteiger partial charge in [0.2, 0.25) is 15.9 Å². The highest BCUT2D eigenvalue weighted by molar-refractivity contribution is 7.89. The number of ether oxygens (including phenoxy) is 1. The van der Waals surface area contributed by atoms with Gasteiger partial charge in [0.25, 0.3) is 5.95 Å². The van der Waals surface area contributed by atoms with Gasteiger partial charge in [0.1, 0.15) is 11.5 Å². The molecule has 2 amide bonds. The maximum Gasteiger partial charge on any atom is 0.414 e. The molecule has 0 aliphatic heterocycles. The highest BCUT2D eigenvalue weighted by atomic mass is 32.2. The summed E-state index contributed by atoms with van der Waals surface area (Å²) in [7, 11) is -0.688. The van der Waals surface area contributed by atoms with Gasteiger partial charge >= 0.3 is 6.09 Å². The lowest BCUT2D eigenvalue weighted by Crippen LogP contribution is -2.40. The van der Waals surface area contributed by atoms with E-state index in [4.69, 9.17) is 4.74 Å². The molecule has 0 fully saturated rings. The summed E-state index contributed by atoms with van der Waals surface area (Å²) >= 11 is 0. The van der Waals surface area contributed by atoms with Crippen LogP contribution in [0.4, 0.5) is 15.1 Å². The van der Waals surface area contributed by atoms with E-state index in [1.807, 2.05) is 0 Å².